The van der Waals surface area contributed by atoms with E-state index in [1.807, 2.05) is 0 Å². The predicted octanol–water partition coefficient (Wildman–Crippen LogP) is 3.92. The van der Waals surface area contributed by atoms with Crippen molar-refractivity contribution in [2.24, 2.45) is 0 Å². The van der Waals surface area contributed by atoms with Crippen LogP contribution in [0.25, 0.3) is 0 Å². The van der Waals surface area contributed by atoms with Crippen LogP contribution in [0.4, 0.5) is 15.8 Å². The number of rotatable bonds is 5. The van der Waals surface area contributed by atoms with Crippen molar-refractivity contribution < 1.29 is 14.1 Å². The van der Waals surface area contributed by atoms with E-state index in [0.29, 0.717) is 5.56 Å². The predicted molar refractivity (Wildman–Crippen MR) is 89.9 cm³/mol. The average Bonchev–Trinajstić information content (AvgIpc) is 2.54. The fraction of sp³-hybridized carbons (Fsp3) is 0.188. The van der Waals surface area contributed by atoms with Crippen LogP contribution in [0.5, 0.6) is 0 Å². The Labute approximate surface area is 142 Å². The summed E-state index contributed by atoms with van der Waals surface area (Å²) in [5.74, 6) is -0.879. The summed E-state index contributed by atoms with van der Waals surface area (Å²) in [6.45, 7) is 1.75. The third kappa shape index (κ3) is 3.80. The van der Waals surface area contributed by atoms with Crippen molar-refractivity contribution in [1.82, 2.24) is 5.32 Å². The van der Waals surface area contributed by atoms with Crippen molar-refractivity contribution in [2.45, 2.75) is 13.0 Å². The summed E-state index contributed by atoms with van der Waals surface area (Å²) < 4.78 is 13.1. The lowest BCUT2D eigenvalue weighted by molar-refractivity contribution is -0.384. The van der Waals surface area contributed by atoms with Crippen molar-refractivity contribution in [3.63, 3.8) is 0 Å². The van der Waals surface area contributed by atoms with Gasteiger partial charge in [0, 0.05) is 23.7 Å². The minimum absolute atomic E-state index is 0.183. The number of nitrogens with one attached hydrogen (secondary N) is 2. The smallest absolute Gasteiger partial charge is 0.293 e. The maximum atomic E-state index is 13.1. The SMILES string of the molecule is CNC(=O)c1ccc(NC(C)c2ccc(F)cc2Cl)c([N+](=O)[O-])c1. The number of carbonyl (C=O) groups is 1. The van der Waals surface area contributed by atoms with Gasteiger partial charge in [0.25, 0.3) is 11.6 Å². The Hall–Kier alpha value is -2.67. The monoisotopic (exact) mass is 351 g/mol. The molecule has 1 atom stereocenters. The molecule has 1 amide bonds. The fourth-order valence-electron chi connectivity index (χ4n) is 2.25. The van der Waals surface area contributed by atoms with Gasteiger partial charge < -0.3 is 10.6 Å². The second kappa shape index (κ2) is 7.27. The normalized spacial score (nSPS) is 11.7. The van der Waals surface area contributed by atoms with Crippen molar-refractivity contribution >= 4 is 28.9 Å². The highest BCUT2D eigenvalue weighted by atomic mass is 35.5. The lowest BCUT2D eigenvalue weighted by Crippen LogP contribution is -2.18. The number of halogens is 2. The first-order valence-corrected chi connectivity index (χ1v) is 7.43. The first-order chi connectivity index (χ1) is 11.3. The number of nitro groups is 1. The molecule has 24 heavy (non-hydrogen) atoms. The van der Waals surface area contributed by atoms with E-state index >= 15 is 0 Å². The van der Waals surface area contributed by atoms with Crippen molar-refractivity contribution in [3.8, 4) is 0 Å². The summed E-state index contributed by atoms with van der Waals surface area (Å²) in [5.41, 5.74) is 0.784. The number of hydrogen-bond acceptors (Lipinski definition) is 4. The van der Waals surface area contributed by atoms with Gasteiger partial charge in [0.1, 0.15) is 11.5 Å². The number of hydrogen-bond donors (Lipinski definition) is 2. The van der Waals surface area contributed by atoms with Crippen molar-refractivity contribution in [2.75, 3.05) is 12.4 Å². The van der Waals surface area contributed by atoms with Crippen LogP contribution in [-0.2, 0) is 0 Å². The van der Waals surface area contributed by atoms with Gasteiger partial charge in [0.05, 0.1) is 11.0 Å². The summed E-state index contributed by atoms with van der Waals surface area (Å²) >= 11 is 6.01. The topological polar surface area (TPSA) is 84.3 Å². The summed E-state index contributed by atoms with van der Waals surface area (Å²) in [6.07, 6.45) is 0. The zero-order chi connectivity index (χ0) is 17.9. The van der Waals surface area contributed by atoms with Crippen molar-refractivity contribution in [3.05, 3.63) is 68.5 Å². The summed E-state index contributed by atoms with van der Waals surface area (Å²) in [5, 5.41) is 16.9. The molecule has 0 fully saturated rings. The van der Waals surface area contributed by atoms with E-state index in [1.54, 1.807) is 6.92 Å². The number of nitrogens with zero attached hydrogens (tertiary/aromatic N) is 1. The molecular weight excluding hydrogens is 337 g/mol. The molecule has 0 aliphatic rings. The number of benzene rings is 2. The van der Waals surface area contributed by atoms with E-state index in [0.717, 1.165) is 0 Å². The Balaban J connectivity index is 2.34. The Kier molecular flexibility index (Phi) is 5.35. The highest BCUT2D eigenvalue weighted by Crippen LogP contribution is 2.31. The quantitative estimate of drug-likeness (QED) is 0.631. The van der Waals surface area contributed by atoms with Gasteiger partial charge in [-0.05, 0) is 36.8 Å². The Morgan fingerprint density at radius 3 is 2.58 bits per heavy atom. The van der Waals surface area contributed by atoms with E-state index in [9.17, 15) is 19.3 Å². The van der Waals surface area contributed by atoms with Crippen LogP contribution in [-0.4, -0.2) is 17.9 Å². The van der Waals surface area contributed by atoms with Crippen LogP contribution in [0, 0.1) is 15.9 Å². The molecule has 126 valence electrons. The number of anilines is 1. The number of carbonyl (C=O) groups excluding carboxylic acids is 1. The van der Waals surface area contributed by atoms with E-state index in [-0.39, 0.29) is 22.0 Å². The van der Waals surface area contributed by atoms with E-state index in [4.69, 9.17) is 11.6 Å². The highest BCUT2D eigenvalue weighted by molar-refractivity contribution is 6.31. The minimum Gasteiger partial charge on any atom is -0.373 e. The maximum absolute atomic E-state index is 13.1. The molecule has 2 aromatic rings. The van der Waals surface area contributed by atoms with Gasteiger partial charge in [0.15, 0.2) is 0 Å². The minimum atomic E-state index is -0.576. The number of nitro benzene ring substituents is 1. The fourth-order valence-corrected chi connectivity index (χ4v) is 2.58. The molecule has 8 heteroatoms. The second-order valence-electron chi connectivity index (χ2n) is 5.10. The average molecular weight is 352 g/mol. The Morgan fingerprint density at radius 1 is 1.29 bits per heavy atom. The van der Waals surface area contributed by atoms with Gasteiger partial charge in [-0.1, -0.05) is 17.7 Å². The molecule has 0 radical (unpaired) electrons. The van der Waals surface area contributed by atoms with E-state index in [2.05, 4.69) is 10.6 Å². The Morgan fingerprint density at radius 2 is 2.00 bits per heavy atom. The number of amides is 1. The molecule has 0 saturated carbocycles. The highest BCUT2D eigenvalue weighted by Gasteiger charge is 2.20. The molecule has 6 nitrogen and oxygen atoms in total. The standard InChI is InChI=1S/C16H15ClFN3O3/c1-9(12-5-4-11(18)8-13(12)17)20-14-6-3-10(16(22)19-2)7-15(14)21(23)24/h3-9,20H,1-2H3,(H,19,22). The van der Waals surface area contributed by atoms with Crippen LogP contribution < -0.4 is 10.6 Å². The van der Waals surface area contributed by atoms with Gasteiger partial charge in [-0.2, -0.15) is 0 Å². The van der Waals surface area contributed by atoms with Crippen LogP contribution in [0.15, 0.2) is 36.4 Å². The molecule has 1 unspecified atom stereocenters. The van der Waals surface area contributed by atoms with Gasteiger partial charge in [-0.15, -0.1) is 0 Å². The second-order valence-corrected chi connectivity index (χ2v) is 5.51. The molecule has 2 rings (SSSR count). The molecule has 0 aromatic heterocycles. The molecule has 0 aliphatic heterocycles. The molecule has 2 N–H and O–H groups in total. The molecular formula is C16H15ClFN3O3. The van der Waals surface area contributed by atoms with Gasteiger partial charge in [-0.25, -0.2) is 4.39 Å². The summed E-state index contributed by atoms with van der Waals surface area (Å²) in [4.78, 5) is 22.3. The molecule has 2 aromatic carbocycles. The molecule has 0 bridgehead atoms. The molecule has 0 spiro atoms. The maximum Gasteiger partial charge on any atom is 0.293 e. The molecule has 0 aliphatic carbocycles. The van der Waals surface area contributed by atoms with Crippen molar-refractivity contribution in [1.29, 1.82) is 0 Å². The van der Waals surface area contributed by atoms with Crippen LogP contribution >= 0.6 is 11.6 Å². The zero-order valence-corrected chi connectivity index (χ0v) is 13.7. The van der Waals surface area contributed by atoms with Crippen LogP contribution in [0.2, 0.25) is 5.02 Å². The molecule has 0 heterocycles. The van der Waals surface area contributed by atoms with E-state index in [1.165, 1.54) is 43.4 Å². The summed E-state index contributed by atoms with van der Waals surface area (Å²) in [6, 6.07) is 7.69. The largest absolute Gasteiger partial charge is 0.373 e. The van der Waals surface area contributed by atoms with Gasteiger partial charge in [0.2, 0.25) is 0 Å². The van der Waals surface area contributed by atoms with Gasteiger partial charge >= 0.3 is 0 Å². The Bertz CT molecular complexity index is 798. The first-order valence-electron chi connectivity index (χ1n) is 7.05. The van der Waals surface area contributed by atoms with E-state index < -0.39 is 22.7 Å². The molecule has 0 saturated heterocycles. The van der Waals surface area contributed by atoms with Crippen LogP contribution in [0.3, 0.4) is 0 Å². The zero-order valence-electron chi connectivity index (χ0n) is 13.0. The first kappa shape index (κ1) is 17.7. The third-order valence-electron chi connectivity index (χ3n) is 3.48. The van der Waals surface area contributed by atoms with Crippen LogP contribution in [0.1, 0.15) is 28.9 Å². The lowest BCUT2D eigenvalue weighted by atomic mass is 10.1. The summed E-state index contributed by atoms with van der Waals surface area (Å²) in [7, 11) is 1.44. The lowest BCUT2D eigenvalue weighted by Gasteiger charge is -2.17. The van der Waals surface area contributed by atoms with Gasteiger partial charge in [-0.3, -0.25) is 14.9 Å². The third-order valence-corrected chi connectivity index (χ3v) is 3.81.